The fraction of sp³-hybridized carbons (Fsp3) is 0.667. The highest BCUT2D eigenvalue weighted by Gasteiger charge is 2.43. The van der Waals surface area contributed by atoms with E-state index in [4.69, 9.17) is 4.52 Å². The lowest BCUT2D eigenvalue weighted by atomic mass is 9.97. The van der Waals surface area contributed by atoms with E-state index in [1.165, 1.54) is 0 Å². The number of carbonyl (C=O) groups is 2. The van der Waals surface area contributed by atoms with Gasteiger partial charge in [-0.1, -0.05) is 24.4 Å². The summed E-state index contributed by atoms with van der Waals surface area (Å²) in [5, 5.41) is 16.0. The first-order chi connectivity index (χ1) is 10.1. The molecule has 2 aliphatic rings. The molecule has 6 heteroatoms. The molecule has 1 saturated carbocycles. The Labute approximate surface area is 122 Å². The van der Waals surface area contributed by atoms with Gasteiger partial charge in [0.1, 0.15) is 11.3 Å². The van der Waals surface area contributed by atoms with Crippen molar-refractivity contribution in [2.24, 2.45) is 0 Å². The molecule has 0 bridgehead atoms. The van der Waals surface area contributed by atoms with Gasteiger partial charge in [0.15, 0.2) is 5.69 Å². The zero-order chi connectivity index (χ0) is 14.9. The summed E-state index contributed by atoms with van der Waals surface area (Å²) in [6.45, 7) is 0. The van der Waals surface area contributed by atoms with Crippen molar-refractivity contribution in [2.75, 3.05) is 0 Å². The number of hydrogen-bond donors (Lipinski definition) is 2. The van der Waals surface area contributed by atoms with E-state index in [0.717, 1.165) is 56.3 Å². The number of carboxylic acid groups (broad SMARTS) is 1. The van der Waals surface area contributed by atoms with Crippen LogP contribution in [0.2, 0.25) is 0 Å². The Balaban J connectivity index is 1.82. The van der Waals surface area contributed by atoms with Crippen LogP contribution in [0.3, 0.4) is 0 Å². The molecule has 2 aliphatic carbocycles. The normalized spacial score (nSPS) is 20.6. The van der Waals surface area contributed by atoms with Crippen molar-refractivity contribution in [3.63, 3.8) is 0 Å². The molecule has 0 spiro atoms. The Morgan fingerprint density at radius 3 is 2.52 bits per heavy atom. The Morgan fingerprint density at radius 2 is 1.81 bits per heavy atom. The predicted octanol–water partition coefficient (Wildman–Crippen LogP) is 2.07. The standard InChI is InChI=1S/C15H20N2O4/c18-13(16-15(14(19)20)8-4-5-9-15)12-10-6-2-1-3-7-11(10)21-17-12/h1-9H2,(H,16,18)(H,19,20). The van der Waals surface area contributed by atoms with Crippen LogP contribution in [0.25, 0.3) is 0 Å². The van der Waals surface area contributed by atoms with Crippen molar-refractivity contribution in [2.45, 2.75) is 63.3 Å². The van der Waals surface area contributed by atoms with Crippen molar-refractivity contribution in [1.29, 1.82) is 0 Å². The number of carboxylic acids is 1. The minimum absolute atomic E-state index is 0.277. The number of aliphatic carboxylic acids is 1. The second kappa shape index (κ2) is 5.50. The number of fused-ring (bicyclic) bond motifs is 1. The summed E-state index contributed by atoms with van der Waals surface area (Å²) < 4.78 is 5.29. The van der Waals surface area contributed by atoms with Gasteiger partial charge in [0.25, 0.3) is 5.91 Å². The molecule has 0 aromatic carbocycles. The lowest BCUT2D eigenvalue weighted by molar-refractivity contribution is -0.144. The number of aromatic nitrogens is 1. The molecule has 2 N–H and O–H groups in total. The maximum absolute atomic E-state index is 12.5. The van der Waals surface area contributed by atoms with Crippen LogP contribution in [0.5, 0.6) is 0 Å². The summed E-state index contributed by atoms with van der Waals surface area (Å²) in [7, 11) is 0. The molecule has 0 saturated heterocycles. The van der Waals surface area contributed by atoms with Gasteiger partial charge in [-0.2, -0.15) is 0 Å². The molecule has 0 aliphatic heterocycles. The summed E-state index contributed by atoms with van der Waals surface area (Å²) in [5.41, 5.74) is 0.0103. The first kappa shape index (κ1) is 14.1. The van der Waals surface area contributed by atoms with Gasteiger partial charge in [-0.3, -0.25) is 4.79 Å². The molecule has 1 aromatic heterocycles. The molecule has 0 radical (unpaired) electrons. The number of nitrogens with zero attached hydrogens (tertiary/aromatic N) is 1. The molecule has 1 heterocycles. The van der Waals surface area contributed by atoms with Gasteiger partial charge >= 0.3 is 5.97 Å². The topological polar surface area (TPSA) is 92.4 Å². The molecular formula is C15H20N2O4. The van der Waals surface area contributed by atoms with Crippen LogP contribution in [-0.4, -0.2) is 27.7 Å². The van der Waals surface area contributed by atoms with E-state index < -0.39 is 17.4 Å². The van der Waals surface area contributed by atoms with Crippen LogP contribution < -0.4 is 5.32 Å². The largest absolute Gasteiger partial charge is 0.480 e. The van der Waals surface area contributed by atoms with E-state index in [-0.39, 0.29) is 5.69 Å². The van der Waals surface area contributed by atoms with Gasteiger partial charge in [0, 0.05) is 12.0 Å². The minimum atomic E-state index is -1.13. The van der Waals surface area contributed by atoms with Crippen LogP contribution >= 0.6 is 0 Å². The van der Waals surface area contributed by atoms with E-state index in [0.29, 0.717) is 12.8 Å². The van der Waals surface area contributed by atoms with Crippen molar-refractivity contribution >= 4 is 11.9 Å². The number of carbonyl (C=O) groups excluding carboxylic acids is 1. The molecule has 114 valence electrons. The molecule has 21 heavy (non-hydrogen) atoms. The average Bonchev–Trinajstić information content (AvgIpc) is 3.02. The lowest BCUT2D eigenvalue weighted by Gasteiger charge is -2.24. The summed E-state index contributed by atoms with van der Waals surface area (Å²) in [4.78, 5) is 24.0. The van der Waals surface area contributed by atoms with E-state index in [1.54, 1.807) is 0 Å². The fourth-order valence-electron chi connectivity index (χ4n) is 3.39. The van der Waals surface area contributed by atoms with E-state index in [1.807, 2.05) is 0 Å². The summed E-state index contributed by atoms with van der Waals surface area (Å²) >= 11 is 0. The third-order valence-corrected chi connectivity index (χ3v) is 4.63. The monoisotopic (exact) mass is 292 g/mol. The van der Waals surface area contributed by atoms with Crippen LogP contribution in [-0.2, 0) is 17.6 Å². The molecule has 1 fully saturated rings. The highest BCUT2D eigenvalue weighted by Crippen LogP contribution is 2.31. The fourth-order valence-corrected chi connectivity index (χ4v) is 3.39. The molecule has 6 nitrogen and oxygen atoms in total. The van der Waals surface area contributed by atoms with Crippen LogP contribution in [0, 0.1) is 0 Å². The predicted molar refractivity (Wildman–Crippen MR) is 74.1 cm³/mol. The average molecular weight is 292 g/mol. The third-order valence-electron chi connectivity index (χ3n) is 4.63. The highest BCUT2D eigenvalue weighted by atomic mass is 16.5. The van der Waals surface area contributed by atoms with Crippen LogP contribution in [0.15, 0.2) is 4.52 Å². The number of aryl methyl sites for hydroxylation is 1. The molecule has 0 atom stereocenters. The van der Waals surface area contributed by atoms with Crippen LogP contribution in [0.4, 0.5) is 0 Å². The van der Waals surface area contributed by atoms with Gasteiger partial charge in [-0.25, -0.2) is 4.79 Å². The first-order valence-electron chi connectivity index (χ1n) is 7.66. The smallest absolute Gasteiger partial charge is 0.329 e. The van der Waals surface area contributed by atoms with Gasteiger partial charge < -0.3 is 14.9 Å². The number of rotatable bonds is 3. The minimum Gasteiger partial charge on any atom is -0.480 e. The summed E-state index contributed by atoms with van der Waals surface area (Å²) in [6.07, 6.45) is 7.36. The lowest BCUT2D eigenvalue weighted by Crippen LogP contribution is -2.52. The Bertz CT molecular complexity index is 558. The number of nitrogens with one attached hydrogen (secondary N) is 1. The van der Waals surface area contributed by atoms with E-state index in [9.17, 15) is 14.7 Å². The van der Waals surface area contributed by atoms with Gasteiger partial charge in [-0.05, 0) is 32.1 Å². The van der Waals surface area contributed by atoms with Gasteiger partial charge in [0.05, 0.1) is 0 Å². The molecule has 1 amide bonds. The molecule has 0 unspecified atom stereocenters. The van der Waals surface area contributed by atoms with E-state index in [2.05, 4.69) is 10.5 Å². The maximum Gasteiger partial charge on any atom is 0.329 e. The van der Waals surface area contributed by atoms with Crippen molar-refractivity contribution in [3.05, 3.63) is 17.0 Å². The highest BCUT2D eigenvalue weighted by molar-refractivity contribution is 5.97. The molecule has 1 aromatic rings. The molecular weight excluding hydrogens is 272 g/mol. The van der Waals surface area contributed by atoms with Gasteiger partial charge in [-0.15, -0.1) is 0 Å². The maximum atomic E-state index is 12.5. The quantitative estimate of drug-likeness (QED) is 0.832. The van der Waals surface area contributed by atoms with Gasteiger partial charge in [0.2, 0.25) is 0 Å². The Morgan fingerprint density at radius 1 is 1.10 bits per heavy atom. The second-order valence-corrected chi connectivity index (χ2v) is 6.04. The zero-order valence-corrected chi connectivity index (χ0v) is 12.0. The Kier molecular flexibility index (Phi) is 3.69. The van der Waals surface area contributed by atoms with Crippen molar-refractivity contribution in [1.82, 2.24) is 10.5 Å². The number of hydrogen-bond acceptors (Lipinski definition) is 4. The first-order valence-corrected chi connectivity index (χ1v) is 7.66. The second-order valence-electron chi connectivity index (χ2n) is 6.04. The van der Waals surface area contributed by atoms with Crippen molar-refractivity contribution < 1.29 is 19.2 Å². The Hall–Kier alpha value is -1.85. The number of amides is 1. The summed E-state index contributed by atoms with van der Waals surface area (Å²) in [6, 6.07) is 0. The van der Waals surface area contributed by atoms with Crippen molar-refractivity contribution in [3.8, 4) is 0 Å². The zero-order valence-electron chi connectivity index (χ0n) is 12.0. The SMILES string of the molecule is O=C(NC1(C(=O)O)CCCC1)c1noc2c1CCCCC2. The van der Waals surface area contributed by atoms with E-state index >= 15 is 0 Å². The van der Waals surface area contributed by atoms with Crippen LogP contribution in [0.1, 0.15) is 66.8 Å². The molecule has 3 rings (SSSR count). The third kappa shape index (κ3) is 2.54. The summed E-state index contributed by atoms with van der Waals surface area (Å²) in [5.74, 6) is -0.581.